The van der Waals surface area contributed by atoms with Crippen LogP contribution in [0.1, 0.15) is 25.6 Å². The first-order valence-corrected chi connectivity index (χ1v) is 12.8. The second-order valence-corrected chi connectivity index (χ2v) is 10.4. The van der Waals surface area contributed by atoms with E-state index in [1.165, 1.54) is 20.8 Å². The van der Waals surface area contributed by atoms with E-state index in [0.29, 0.717) is 49.0 Å². The number of amides is 2. The van der Waals surface area contributed by atoms with Crippen LogP contribution in [-0.2, 0) is 4.79 Å². The second-order valence-electron chi connectivity index (χ2n) is 8.34. The maximum atomic E-state index is 13.8. The summed E-state index contributed by atoms with van der Waals surface area (Å²) >= 11 is 13.3. The maximum Gasteiger partial charge on any atom is 0.350 e. The number of nitrogens with one attached hydrogen (secondary N) is 1. The summed E-state index contributed by atoms with van der Waals surface area (Å²) < 4.78 is 7.04. The van der Waals surface area contributed by atoms with Crippen molar-refractivity contribution in [1.82, 2.24) is 0 Å². The van der Waals surface area contributed by atoms with Crippen molar-refractivity contribution < 1.29 is 23.7 Å². The quantitative estimate of drug-likeness (QED) is 0.333. The van der Waals surface area contributed by atoms with Gasteiger partial charge in [0.15, 0.2) is 12.3 Å². The summed E-state index contributed by atoms with van der Waals surface area (Å²) in [5.41, 5.74) is 2.66. The molecule has 5 rings (SSSR count). The Labute approximate surface area is 226 Å². The van der Waals surface area contributed by atoms with Crippen molar-refractivity contribution in [2.24, 2.45) is 0 Å². The molecule has 4 aromatic rings. The van der Waals surface area contributed by atoms with Gasteiger partial charge in [-0.1, -0.05) is 34.5 Å². The molecular weight excluding hydrogens is 533 g/mol. The van der Waals surface area contributed by atoms with E-state index in [0.717, 1.165) is 4.88 Å². The molecule has 0 saturated carbocycles. The minimum atomic E-state index is -0.383. The predicted octanol–water partition coefficient (Wildman–Crippen LogP) is 5.61. The zero-order valence-electron chi connectivity index (χ0n) is 19.7. The molecule has 2 amide bonds. The number of aromatic nitrogens is 1. The van der Waals surface area contributed by atoms with Gasteiger partial charge >= 0.3 is 16.9 Å². The summed E-state index contributed by atoms with van der Waals surface area (Å²) in [5.74, 6) is -0.328. The van der Waals surface area contributed by atoms with Crippen LogP contribution in [0.5, 0.6) is 5.75 Å². The zero-order chi connectivity index (χ0) is 26.3. The van der Waals surface area contributed by atoms with E-state index >= 15 is 0 Å². The van der Waals surface area contributed by atoms with E-state index in [9.17, 15) is 14.4 Å². The van der Waals surface area contributed by atoms with Crippen molar-refractivity contribution in [2.75, 3.05) is 23.9 Å². The van der Waals surface area contributed by atoms with Crippen LogP contribution in [0.15, 0.2) is 66.7 Å². The number of aryl methyl sites for hydroxylation is 1. The third kappa shape index (κ3) is 4.83. The Balaban J connectivity index is 1.64. The number of nitrogens with zero attached hydrogens (tertiary/aromatic N) is 2. The van der Waals surface area contributed by atoms with Gasteiger partial charge < -0.3 is 9.64 Å². The van der Waals surface area contributed by atoms with E-state index in [-0.39, 0.29) is 24.3 Å². The number of fused-ring (bicyclic) bond motifs is 1. The Bertz CT molecular complexity index is 1550. The Morgan fingerprint density at radius 1 is 0.973 bits per heavy atom. The van der Waals surface area contributed by atoms with E-state index < -0.39 is 0 Å². The van der Waals surface area contributed by atoms with Crippen molar-refractivity contribution >= 4 is 63.1 Å². The molecule has 3 aromatic carbocycles. The number of rotatable bonds is 4. The lowest BCUT2D eigenvalue weighted by atomic mass is 10.1. The number of carbonyl (C=O) groups excluding carboxylic acids is 3. The van der Waals surface area contributed by atoms with E-state index in [2.05, 4.69) is 5.32 Å². The lowest BCUT2D eigenvalue weighted by Crippen LogP contribution is -2.46. The highest BCUT2D eigenvalue weighted by molar-refractivity contribution is 7.15. The summed E-state index contributed by atoms with van der Waals surface area (Å²) in [5, 5.41) is 4.23. The highest BCUT2D eigenvalue weighted by Crippen LogP contribution is 2.37. The summed E-state index contributed by atoms with van der Waals surface area (Å²) in [6, 6.07) is 18.4. The van der Waals surface area contributed by atoms with Gasteiger partial charge in [-0.2, -0.15) is 5.32 Å². The van der Waals surface area contributed by atoms with E-state index in [1.54, 1.807) is 67.7 Å². The van der Waals surface area contributed by atoms with Crippen molar-refractivity contribution in [3.05, 3.63) is 92.8 Å². The van der Waals surface area contributed by atoms with Crippen LogP contribution in [0.3, 0.4) is 0 Å². The Morgan fingerprint density at radius 2 is 1.59 bits per heavy atom. The molecular formula is C27H20Cl2N3O4S+. The van der Waals surface area contributed by atoms with Gasteiger partial charge in [0.1, 0.15) is 5.75 Å². The smallest absolute Gasteiger partial charge is 0.350 e. The monoisotopic (exact) mass is 552 g/mol. The molecule has 186 valence electrons. The average molecular weight is 553 g/mol. The molecule has 0 fully saturated rings. The number of hydrogen-bond donors (Lipinski definition) is 1. The first-order chi connectivity index (χ1) is 17.7. The van der Waals surface area contributed by atoms with Gasteiger partial charge in [0.05, 0.1) is 21.7 Å². The third-order valence-corrected chi connectivity index (χ3v) is 7.43. The maximum absolute atomic E-state index is 13.8. The molecule has 0 saturated heterocycles. The van der Waals surface area contributed by atoms with Gasteiger partial charge in [-0.05, 0) is 73.7 Å². The number of halogens is 2. The van der Waals surface area contributed by atoms with Crippen LogP contribution in [-0.4, -0.2) is 31.4 Å². The predicted molar refractivity (Wildman–Crippen MR) is 144 cm³/mol. The Hall–Kier alpha value is -3.72. The highest BCUT2D eigenvalue weighted by atomic mass is 35.5. The molecule has 10 heteroatoms. The zero-order valence-corrected chi connectivity index (χ0v) is 22.1. The SMILES string of the molecule is Cc1sc(NC(=O)c2ccc(Cl)cc2)[n+](C(=O)c2ccc(Cl)cc2)c1-c1ccc2c(c1)N(C)C(=O)CO2. The summed E-state index contributed by atoms with van der Waals surface area (Å²) in [6.07, 6.45) is 0. The van der Waals surface area contributed by atoms with Crippen molar-refractivity contribution in [2.45, 2.75) is 6.92 Å². The van der Waals surface area contributed by atoms with Crippen LogP contribution >= 0.6 is 34.5 Å². The fourth-order valence-electron chi connectivity index (χ4n) is 4.02. The van der Waals surface area contributed by atoms with Gasteiger partial charge in [0, 0.05) is 22.7 Å². The topological polar surface area (TPSA) is 79.6 Å². The first kappa shape index (κ1) is 25.0. The number of carbonyl (C=O) groups is 3. The molecule has 37 heavy (non-hydrogen) atoms. The van der Waals surface area contributed by atoms with Gasteiger partial charge in [-0.3, -0.25) is 4.79 Å². The molecule has 0 radical (unpaired) electrons. The molecule has 0 unspecified atom stereocenters. The highest BCUT2D eigenvalue weighted by Gasteiger charge is 2.32. The third-order valence-electron chi connectivity index (χ3n) is 5.95. The molecule has 0 spiro atoms. The van der Waals surface area contributed by atoms with Gasteiger partial charge in [0.2, 0.25) is 0 Å². The number of thiazole rings is 1. The van der Waals surface area contributed by atoms with Gasteiger partial charge in [-0.15, -0.1) is 4.57 Å². The van der Waals surface area contributed by atoms with Crippen LogP contribution < -0.4 is 19.5 Å². The van der Waals surface area contributed by atoms with Crippen molar-refractivity contribution in [3.63, 3.8) is 0 Å². The van der Waals surface area contributed by atoms with Gasteiger partial charge in [-0.25, -0.2) is 9.59 Å². The van der Waals surface area contributed by atoms with Crippen LogP contribution in [0.25, 0.3) is 11.3 Å². The molecule has 0 aliphatic carbocycles. The van der Waals surface area contributed by atoms with Crippen LogP contribution in [0.2, 0.25) is 10.0 Å². The lowest BCUT2D eigenvalue weighted by molar-refractivity contribution is -0.539. The molecule has 7 nitrogen and oxygen atoms in total. The number of benzene rings is 3. The number of ether oxygens (including phenoxy) is 1. The Morgan fingerprint density at radius 3 is 2.24 bits per heavy atom. The average Bonchev–Trinajstić information content (AvgIpc) is 3.21. The first-order valence-electron chi connectivity index (χ1n) is 11.2. The number of likely N-dealkylation sites (N-methyl/N-ethyl adjacent to an activating group) is 1. The minimum absolute atomic E-state index is 0.0315. The minimum Gasteiger partial charge on any atom is -0.482 e. The molecule has 0 bridgehead atoms. The van der Waals surface area contributed by atoms with Gasteiger partial charge in [0.25, 0.3) is 5.91 Å². The fourth-order valence-corrected chi connectivity index (χ4v) is 5.27. The molecule has 0 atom stereocenters. The molecule has 2 heterocycles. The van der Waals surface area contributed by atoms with Crippen LogP contribution in [0.4, 0.5) is 10.8 Å². The molecule has 1 N–H and O–H groups in total. The second kappa shape index (κ2) is 9.97. The summed E-state index contributed by atoms with van der Waals surface area (Å²) in [4.78, 5) is 41.4. The standard InChI is InChI=1S/C27H19Cl2N3O4S/c1-15-24(18-7-12-22-21(13-18)31(2)23(33)14-36-22)32(26(35)17-5-10-20(29)11-6-17)27(37-15)30-25(34)16-3-8-19(28)9-4-16/h3-13H,14H2,1-2H3/p+1. The Kier molecular flexibility index (Phi) is 6.72. The molecule has 1 aromatic heterocycles. The lowest BCUT2D eigenvalue weighted by Gasteiger charge is -2.26. The summed E-state index contributed by atoms with van der Waals surface area (Å²) in [7, 11) is 1.68. The number of anilines is 2. The largest absolute Gasteiger partial charge is 0.482 e. The summed E-state index contributed by atoms with van der Waals surface area (Å²) in [6.45, 7) is 1.84. The number of hydrogen-bond acceptors (Lipinski definition) is 5. The fraction of sp³-hybridized carbons (Fsp3) is 0.111. The van der Waals surface area contributed by atoms with Crippen LogP contribution in [0, 0.1) is 6.92 Å². The van der Waals surface area contributed by atoms with Crippen molar-refractivity contribution in [1.29, 1.82) is 0 Å². The van der Waals surface area contributed by atoms with E-state index in [1.807, 2.05) is 13.0 Å². The molecule has 1 aliphatic heterocycles. The van der Waals surface area contributed by atoms with Crippen molar-refractivity contribution in [3.8, 4) is 17.0 Å². The molecule has 1 aliphatic rings. The normalized spacial score (nSPS) is 12.6. The van der Waals surface area contributed by atoms with E-state index in [4.69, 9.17) is 27.9 Å².